The van der Waals surface area contributed by atoms with Crippen molar-refractivity contribution in [3.63, 3.8) is 0 Å². The highest BCUT2D eigenvalue weighted by atomic mass is 79.9. The highest BCUT2D eigenvalue weighted by Crippen LogP contribution is 2.25. The molecule has 0 aliphatic carbocycles. The van der Waals surface area contributed by atoms with Gasteiger partial charge in [0.1, 0.15) is 17.2 Å². The lowest BCUT2D eigenvalue weighted by atomic mass is 10.1. The molecule has 27 heavy (non-hydrogen) atoms. The first-order valence-corrected chi connectivity index (χ1v) is 8.77. The topological polar surface area (TPSA) is 88.6 Å². The molecular weight excluding hydrogens is 412 g/mol. The number of rotatable bonds is 6. The van der Waals surface area contributed by atoms with Crippen molar-refractivity contribution < 1.29 is 14.3 Å². The minimum atomic E-state index is -0.383. The number of ether oxygens (including phenoxy) is 2. The van der Waals surface area contributed by atoms with E-state index in [1.54, 1.807) is 26.5 Å². The molecule has 0 radical (unpaired) electrons. The largest absolute Gasteiger partial charge is 0.497 e. The fraction of sp³-hybridized carbons (Fsp3) is 0.105. The number of amides is 1. The molecule has 2 N–H and O–H groups in total. The van der Waals surface area contributed by atoms with E-state index in [4.69, 9.17) is 9.47 Å². The zero-order valence-electron chi connectivity index (χ0n) is 14.7. The Morgan fingerprint density at radius 3 is 2.59 bits per heavy atom. The van der Waals surface area contributed by atoms with Crippen molar-refractivity contribution in [2.24, 2.45) is 5.10 Å². The molecule has 0 saturated carbocycles. The molecule has 0 fully saturated rings. The number of hydrogen-bond acceptors (Lipinski definition) is 5. The Balaban J connectivity index is 1.64. The maximum Gasteiger partial charge on any atom is 0.289 e. The molecule has 0 unspecified atom stereocenters. The number of H-pyrrole nitrogens is 1. The van der Waals surface area contributed by atoms with Crippen LogP contribution in [-0.4, -0.2) is 36.5 Å². The van der Waals surface area contributed by atoms with Gasteiger partial charge in [-0.05, 0) is 70.0 Å². The molecule has 3 rings (SSSR count). The number of hydrogen-bond donors (Lipinski definition) is 2. The van der Waals surface area contributed by atoms with Gasteiger partial charge in [-0.15, -0.1) is 0 Å². The van der Waals surface area contributed by atoms with E-state index in [0.29, 0.717) is 11.4 Å². The summed E-state index contributed by atoms with van der Waals surface area (Å²) in [6, 6.07) is 14.6. The average Bonchev–Trinajstić information content (AvgIpc) is 3.18. The van der Waals surface area contributed by atoms with Crippen molar-refractivity contribution in [2.75, 3.05) is 14.2 Å². The van der Waals surface area contributed by atoms with Crippen molar-refractivity contribution in [1.82, 2.24) is 15.6 Å². The molecule has 0 saturated heterocycles. The van der Waals surface area contributed by atoms with E-state index in [2.05, 4.69) is 36.7 Å². The van der Waals surface area contributed by atoms with Gasteiger partial charge in [-0.3, -0.25) is 9.89 Å². The molecule has 0 aliphatic rings. The van der Waals surface area contributed by atoms with Gasteiger partial charge >= 0.3 is 0 Å². The Bertz CT molecular complexity index is 967. The summed E-state index contributed by atoms with van der Waals surface area (Å²) in [6.07, 6.45) is 1.54. The van der Waals surface area contributed by atoms with Crippen LogP contribution in [0.25, 0.3) is 11.3 Å². The van der Waals surface area contributed by atoms with Crippen LogP contribution >= 0.6 is 15.9 Å². The minimum absolute atomic E-state index is 0.314. The van der Waals surface area contributed by atoms with Crippen LogP contribution in [0.15, 0.2) is 58.1 Å². The molecule has 0 spiro atoms. The van der Waals surface area contributed by atoms with Crippen LogP contribution in [0.1, 0.15) is 16.1 Å². The molecule has 0 aliphatic heterocycles. The lowest BCUT2D eigenvalue weighted by molar-refractivity contribution is 0.0950. The van der Waals surface area contributed by atoms with Crippen LogP contribution in [-0.2, 0) is 0 Å². The highest BCUT2D eigenvalue weighted by Gasteiger charge is 2.10. The number of aromatic amines is 1. The smallest absolute Gasteiger partial charge is 0.289 e. The first kappa shape index (κ1) is 18.7. The lowest BCUT2D eigenvalue weighted by Gasteiger charge is -2.03. The molecule has 1 heterocycles. The molecule has 0 bridgehead atoms. The van der Waals surface area contributed by atoms with E-state index in [1.165, 1.54) is 0 Å². The summed E-state index contributed by atoms with van der Waals surface area (Å²) in [5.41, 5.74) is 5.13. The molecule has 1 aromatic heterocycles. The van der Waals surface area contributed by atoms with Crippen molar-refractivity contribution >= 4 is 28.1 Å². The standard InChI is InChI=1S/C19H17BrN4O3/c1-26-14-6-4-13(5-7-14)16-10-17(23-22-16)19(25)24-21-11-12-3-8-18(27-2)15(20)9-12/h3-11H,1-2H3,(H,22,23)(H,24,25). The number of carbonyl (C=O) groups excluding carboxylic acids is 1. The van der Waals surface area contributed by atoms with Gasteiger partial charge in [0.15, 0.2) is 0 Å². The normalized spacial score (nSPS) is 10.8. The number of nitrogens with one attached hydrogen (secondary N) is 2. The molecular formula is C19H17BrN4O3. The van der Waals surface area contributed by atoms with Crippen molar-refractivity contribution in [2.45, 2.75) is 0 Å². The molecule has 3 aromatic rings. The molecule has 0 atom stereocenters. The van der Waals surface area contributed by atoms with E-state index in [-0.39, 0.29) is 5.91 Å². The summed E-state index contributed by atoms with van der Waals surface area (Å²) in [5.74, 6) is 1.09. The molecule has 7 nitrogen and oxygen atoms in total. The first-order valence-electron chi connectivity index (χ1n) is 7.97. The monoisotopic (exact) mass is 428 g/mol. The van der Waals surface area contributed by atoms with Gasteiger partial charge in [-0.25, -0.2) is 5.43 Å². The van der Waals surface area contributed by atoms with Crippen LogP contribution in [0.2, 0.25) is 0 Å². The van der Waals surface area contributed by atoms with Gasteiger partial charge in [0, 0.05) is 5.56 Å². The Morgan fingerprint density at radius 1 is 1.15 bits per heavy atom. The number of carbonyl (C=O) groups is 1. The maximum absolute atomic E-state index is 12.2. The van der Waals surface area contributed by atoms with Crippen molar-refractivity contribution in [3.8, 4) is 22.8 Å². The molecule has 8 heteroatoms. The SMILES string of the molecule is COc1ccc(-c2cc(C(=O)NN=Cc3ccc(OC)c(Br)c3)[nH]n2)cc1. The predicted molar refractivity (Wildman–Crippen MR) is 106 cm³/mol. The van der Waals surface area contributed by atoms with Crippen molar-refractivity contribution in [1.29, 1.82) is 0 Å². The first-order chi connectivity index (χ1) is 13.1. The van der Waals surface area contributed by atoms with Gasteiger partial charge in [0.05, 0.1) is 30.6 Å². The van der Waals surface area contributed by atoms with Gasteiger partial charge in [-0.1, -0.05) is 0 Å². The molecule has 2 aromatic carbocycles. The second kappa shape index (κ2) is 8.50. The van der Waals surface area contributed by atoms with E-state index < -0.39 is 0 Å². The van der Waals surface area contributed by atoms with E-state index in [0.717, 1.165) is 27.1 Å². The Hall–Kier alpha value is -3.13. The van der Waals surface area contributed by atoms with Gasteiger partial charge < -0.3 is 9.47 Å². The summed E-state index contributed by atoms with van der Waals surface area (Å²) in [4.78, 5) is 12.2. The third-order valence-corrected chi connectivity index (χ3v) is 4.38. The van der Waals surface area contributed by atoms with E-state index >= 15 is 0 Å². The highest BCUT2D eigenvalue weighted by molar-refractivity contribution is 9.10. The zero-order valence-corrected chi connectivity index (χ0v) is 16.3. The van der Waals surface area contributed by atoms with E-state index in [9.17, 15) is 4.79 Å². The van der Waals surface area contributed by atoms with Crippen LogP contribution in [0.5, 0.6) is 11.5 Å². The summed E-state index contributed by atoms with van der Waals surface area (Å²) in [7, 11) is 3.20. The average molecular weight is 429 g/mol. The summed E-state index contributed by atoms with van der Waals surface area (Å²) in [6.45, 7) is 0. The second-order valence-electron chi connectivity index (χ2n) is 5.49. The number of halogens is 1. The quantitative estimate of drug-likeness (QED) is 0.463. The summed E-state index contributed by atoms with van der Waals surface area (Å²) < 4.78 is 11.1. The predicted octanol–water partition coefficient (Wildman–Crippen LogP) is 3.62. The maximum atomic E-state index is 12.2. The number of methoxy groups -OCH3 is 2. The zero-order chi connectivity index (χ0) is 19.2. The number of nitrogens with zero attached hydrogens (tertiary/aromatic N) is 2. The summed E-state index contributed by atoms with van der Waals surface area (Å²) in [5, 5.41) is 10.8. The van der Waals surface area contributed by atoms with E-state index in [1.807, 2.05) is 42.5 Å². The Kier molecular flexibility index (Phi) is 5.87. The van der Waals surface area contributed by atoms with Gasteiger partial charge in [0.25, 0.3) is 5.91 Å². The third kappa shape index (κ3) is 4.53. The van der Waals surface area contributed by atoms with Crippen molar-refractivity contribution in [3.05, 3.63) is 64.3 Å². The van der Waals surface area contributed by atoms with Crippen LogP contribution < -0.4 is 14.9 Å². The molecule has 138 valence electrons. The second-order valence-corrected chi connectivity index (χ2v) is 6.34. The van der Waals surface area contributed by atoms with Gasteiger partial charge in [0.2, 0.25) is 0 Å². The Labute approximate surface area is 164 Å². The lowest BCUT2D eigenvalue weighted by Crippen LogP contribution is -2.18. The molecule has 1 amide bonds. The van der Waals surface area contributed by atoms with Crippen LogP contribution in [0, 0.1) is 0 Å². The van der Waals surface area contributed by atoms with Crippen LogP contribution in [0.3, 0.4) is 0 Å². The number of benzene rings is 2. The summed E-state index contributed by atoms with van der Waals surface area (Å²) >= 11 is 3.40. The van der Waals surface area contributed by atoms with Crippen LogP contribution in [0.4, 0.5) is 0 Å². The van der Waals surface area contributed by atoms with Gasteiger partial charge in [-0.2, -0.15) is 10.2 Å². The number of hydrazone groups is 1. The third-order valence-electron chi connectivity index (χ3n) is 3.76. The Morgan fingerprint density at radius 2 is 1.93 bits per heavy atom. The number of aromatic nitrogens is 2. The fourth-order valence-electron chi connectivity index (χ4n) is 2.34. The minimum Gasteiger partial charge on any atom is -0.497 e. The fourth-order valence-corrected chi connectivity index (χ4v) is 2.89.